The van der Waals surface area contributed by atoms with Gasteiger partial charge >= 0.3 is 0 Å². The second-order valence-corrected chi connectivity index (χ2v) is 7.71. The van der Waals surface area contributed by atoms with Gasteiger partial charge in [-0.2, -0.15) is 0 Å². The number of aromatic nitrogens is 2. The summed E-state index contributed by atoms with van der Waals surface area (Å²) in [4.78, 5) is 32.4. The summed E-state index contributed by atoms with van der Waals surface area (Å²) in [6.07, 6.45) is 6.07. The highest BCUT2D eigenvalue weighted by Gasteiger charge is 2.42. The maximum absolute atomic E-state index is 13.3. The molecule has 1 aliphatic heterocycles. The van der Waals surface area contributed by atoms with Gasteiger partial charge in [0.15, 0.2) is 5.43 Å². The molecule has 0 fully saturated rings. The largest absolute Gasteiger partial charge is 0.450 e. The van der Waals surface area contributed by atoms with Crippen LogP contribution in [0.1, 0.15) is 34.1 Å². The molecule has 0 bridgehead atoms. The van der Waals surface area contributed by atoms with Crippen molar-refractivity contribution < 1.29 is 9.21 Å². The zero-order chi connectivity index (χ0) is 20.7. The summed E-state index contributed by atoms with van der Waals surface area (Å²) in [7, 11) is 0. The maximum Gasteiger partial charge on any atom is 0.290 e. The molecule has 1 atom stereocenters. The second kappa shape index (κ2) is 7.46. The predicted molar refractivity (Wildman–Crippen MR) is 114 cm³/mol. The normalized spacial score (nSPS) is 15.7. The summed E-state index contributed by atoms with van der Waals surface area (Å²) in [6, 6.07) is 13.8. The molecule has 0 saturated carbocycles. The number of nitrogens with zero attached hydrogens (tertiary/aromatic N) is 3. The first-order valence-electron chi connectivity index (χ1n) is 9.71. The first-order chi connectivity index (χ1) is 14.6. The Morgan fingerprint density at radius 2 is 1.83 bits per heavy atom. The van der Waals surface area contributed by atoms with Crippen LogP contribution in [0.3, 0.4) is 0 Å². The number of amides is 1. The number of carbonyl (C=O) groups is 1. The molecule has 5 rings (SSSR count). The number of fused-ring (bicyclic) bond motifs is 2. The van der Waals surface area contributed by atoms with Gasteiger partial charge in [-0.3, -0.25) is 9.59 Å². The van der Waals surface area contributed by atoms with E-state index in [9.17, 15) is 9.59 Å². The fourth-order valence-corrected chi connectivity index (χ4v) is 4.16. The minimum absolute atomic E-state index is 0.126. The molecular formula is C23H18ClN3O3. The van der Waals surface area contributed by atoms with Gasteiger partial charge in [0.1, 0.15) is 5.58 Å². The predicted octanol–water partition coefficient (Wildman–Crippen LogP) is 4.28. The standard InChI is InChI=1S/C23H18ClN3O3/c24-16-8-6-15(7-9-16)20-19-21(28)17-4-1-2-5-18(17)30-22(19)23(29)27(20)12-3-11-26-13-10-25-14-26/h1-2,4-10,13-14,20H,3,11-12H2. The fourth-order valence-electron chi connectivity index (χ4n) is 4.03. The number of para-hydroxylation sites is 1. The molecule has 1 unspecified atom stereocenters. The number of hydrogen-bond acceptors (Lipinski definition) is 4. The lowest BCUT2D eigenvalue weighted by Crippen LogP contribution is -2.31. The third kappa shape index (κ3) is 3.09. The third-order valence-corrected chi connectivity index (χ3v) is 5.69. The van der Waals surface area contributed by atoms with Crippen molar-refractivity contribution in [3.8, 4) is 0 Å². The Hall–Kier alpha value is -3.38. The maximum atomic E-state index is 13.3. The van der Waals surface area contributed by atoms with Crippen LogP contribution >= 0.6 is 11.6 Å². The van der Waals surface area contributed by atoms with E-state index >= 15 is 0 Å². The van der Waals surface area contributed by atoms with Gasteiger partial charge in [-0.1, -0.05) is 35.9 Å². The van der Waals surface area contributed by atoms with Crippen molar-refractivity contribution >= 4 is 28.5 Å². The van der Waals surface area contributed by atoms with E-state index < -0.39 is 6.04 Å². The average Bonchev–Trinajstić information content (AvgIpc) is 3.37. The molecule has 30 heavy (non-hydrogen) atoms. The zero-order valence-electron chi connectivity index (χ0n) is 16.0. The number of rotatable bonds is 5. The summed E-state index contributed by atoms with van der Waals surface area (Å²) in [5, 5.41) is 1.07. The summed E-state index contributed by atoms with van der Waals surface area (Å²) >= 11 is 6.06. The van der Waals surface area contributed by atoms with E-state index in [-0.39, 0.29) is 17.1 Å². The minimum Gasteiger partial charge on any atom is -0.450 e. The molecular weight excluding hydrogens is 402 g/mol. The van der Waals surface area contributed by atoms with Crippen molar-refractivity contribution in [1.29, 1.82) is 0 Å². The highest BCUT2D eigenvalue weighted by atomic mass is 35.5. The Kier molecular flexibility index (Phi) is 4.64. The van der Waals surface area contributed by atoms with Crippen molar-refractivity contribution in [3.63, 3.8) is 0 Å². The van der Waals surface area contributed by atoms with E-state index in [0.29, 0.717) is 34.5 Å². The molecule has 3 heterocycles. The Balaban J connectivity index is 1.59. The van der Waals surface area contributed by atoms with E-state index in [1.54, 1.807) is 53.8 Å². The average molecular weight is 420 g/mol. The van der Waals surface area contributed by atoms with Crippen LogP contribution in [-0.2, 0) is 6.54 Å². The van der Waals surface area contributed by atoms with Crippen LogP contribution in [0.4, 0.5) is 0 Å². The van der Waals surface area contributed by atoms with E-state index in [1.165, 1.54) is 0 Å². The third-order valence-electron chi connectivity index (χ3n) is 5.43. The van der Waals surface area contributed by atoms with Gasteiger partial charge in [-0.15, -0.1) is 0 Å². The van der Waals surface area contributed by atoms with E-state index in [2.05, 4.69) is 4.98 Å². The molecule has 150 valence electrons. The molecule has 1 amide bonds. The molecule has 0 N–H and O–H groups in total. The molecule has 0 saturated heterocycles. The topological polar surface area (TPSA) is 68.3 Å². The van der Waals surface area contributed by atoms with Crippen LogP contribution in [0.25, 0.3) is 11.0 Å². The van der Waals surface area contributed by atoms with Crippen molar-refractivity contribution in [2.24, 2.45) is 0 Å². The first kappa shape index (κ1) is 18.6. The lowest BCUT2D eigenvalue weighted by atomic mass is 9.98. The van der Waals surface area contributed by atoms with Gasteiger partial charge in [-0.25, -0.2) is 4.98 Å². The van der Waals surface area contributed by atoms with E-state index in [1.807, 2.05) is 22.9 Å². The molecule has 0 spiro atoms. The van der Waals surface area contributed by atoms with Crippen molar-refractivity contribution in [2.45, 2.75) is 19.0 Å². The smallest absolute Gasteiger partial charge is 0.290 e. The number of carbonyl (C=O) groups excluding carboxylic acids is 1. The Morgan fingerprint density at radius 3 is 2.60 bits per heavy atom. The number of imidazole rings is 1. The van der Waals surface area contributed by atoms with Crippen LogP contribution in [0.5, 0.6) is 0 Å². The van der Waals surface area contributed by atoms with E-state index in [4.69, 9.17) is 16.0 Å². The van der Waals surface area contributed by atoms with Crippen LogP contribution in [0.2, 0.25) is 5.02 Å². The molecule has 0 aliphatic carbocycles. The SMILES string of the molecule is O=C1c2oc3ccccc3c(=O)c2C(c2ccc(Cl)cc2)N1CCCn1ccnc1. The molecule has 2 aromatic heterocycles. The van der Waals surface area contributed by atoms with Gasteiger partial charge in [-0.05, 0) is 36.2 Å². The molecule has 7 heteroatoms. The lowest BCUT2D eigenvalue weighted by molar-refractivity contribution is 0.0723. The summed E-state index contributed by atoms with van der Waals surface area (Å²) < 4.78 is 7.88. The van der Waals surface area contributed by atoms with Crippen molar-refractivity contribution in [3.05, 3.63) is 99.4 Å². The second-order valence-electron chi connectivity index (χ2n) is 7.28. The van der Waals surface area contributed by atoms with Gasteiger partial charge in [0.2, 0.25) is 5.76 Å². The van der Waals surface area contributed by atoms with Crippen molar-refractivity contribution in [2.75, 3.05) is 6.54 Å². The van der Waals surface area contributed by atoms with Crippen LogP contribution in [0.15, 0.2) is 76.5 Å². The Labute approximate surface area is 177 Å². The first-order valence-corrected chi connectivity index (χ1v) is 10.1. The van der Waals surface area contributed by atoms with Crippen LogP contribution in [-0.4, -0.2) is 26.9 Å². The highest BCUT2D eigenvalue weighted by Crippen LogP contribution is 2.38. The fraction of sp³-hybridized carbons (Fsp3) is 0.174. The summed E-state index contributed by atoms with van der Waals surface area (Å²) in [6.45, 7) is 1.20. The molecule has 6 nitrogen and oxygen atoms in total. The van der Waals surface area contributed by atoms with Gasteiger partial charge in [0, 0.05) is 30.5 Å². The Bertz CT molecular complexity index is 1280. The van der Waals surface area contributed by atoms with Crippen LogP contribution < -0.4 is 5.43 Å². The van der Waals surface area contributed by atoms with Gasteiger partial charge < -0.3 is 13.9 Å². The molecule has 1 aliphatic rings. The molecule has 0 radical (unpaired) electrons. The summed E-state index contributed by atoms with van der Waals surface area (Å²) in [5.41, 5.74) is 1.47. The minimum atomic E-state index is -0.506. The molecule has 2 aromatic carbocycles. The number of halogens is 1. The van der Waals surface area contributed by atoms with Crippen molar-refractivity contribution in [1.82, 2.24) is 14.5 Å². The Morgan fingerprint density at radius 1 is 1.03 bits per heavy atom. The number of benzene rings is 2. The number of hydrogen-bond donors (Lipinski definition) is 0. The van der Waals surface area contributed by atoms with Gasteiger partial charge in [0.05, 0.1) is 23.3 Å². The quantitative estimate of drug-likeness (QED) is 0.484. The highest BCUT2D eigenvalue weighted by molar-refractivity contribution is 6.30. The zero-order valence-corrected chi connectivity index (χ0v) is 16.7. The van der Waals surface area contributed by atoms with E-state index in [0.717, 1.165) is 12.1 Å². The molecule has 4 aromatic rings. The number of aryl methyl sites for hydroxylation is 1. The summed E-state index contributed by atoms with van der Waals surface area (Å²) in [5.74, 6) is -0.139. The lowest BCUT2D eigenvalue weighted by Gasteiger charge is -2.25. The van der Waals surface area contributed by atoms with Gasteiger partial charge in [0.25, 0.3) is 5.91 Å². The monoisotopic (exact) mass is 419 g/mol. The van der Waals surface area contributed by atoms with Crippen LogP contribution in [0, 0.1) is 0 Å².